The average molecular weight is 305 g/mol. The van der Waals surface area contributed by atoms with Crippen LogP contribution in [-0.4, -0.2) is 10.1 Å². The van der Waals surface area contributed by atoms with Crippen LogP contribution in [0, 0.1) is 6.92 Å². The van der Waals surface area contributed by atoms with Crippen molar-refractivity contribution in [1.29, 1.82) is 0 Å². The predicted octanol–water partition coefficient (Wildman–Crippen LogP) is 5.02. The molecule has 0 radical (unpaired) electrons. The van der Waals surface area contributed by atoms with E-state index >= 15 is 0 Å². The highest BCUT2D eigenvalue weighted by atomic mass is 35.5. The Morgan fingerprint density at radius 1 is 1.00 bits per heavy atom. The molecule has 5 heteroatoms. The quantitative estimate of drug-likeness (QED) is 0.667. The van der Waals surface area contributed by atoms with Gasteiger partial charge in [-0.05, 0) is 48.9 Å². The zero-order valence-corrected chi connectivity index (χ0v) is 12.1. The number of aromatic nitrogens is 2. The van der Waals surface area contributed by atoms with Crippen molar-refractivity contribution in [3.05, 3.63) is 58.1 Å². The van der Waals surface area contributed by atoms with E-state index in [0.29, 0.717) is 21.8 Å². The van der Waals surface area contributed by atoms with Gasteiger partial charge in [-0.15, -0.1) is 0 Å². The van der Waals surface area contributed by atoms with Crippen LogP contribution < -0.4 is 0 Å². The lowest BCUT2D eigenvalue weighted by molar-refractivity contribution is 0.432. The molecule has 0 bridgehead atoms. The molecule has 0 aliphatic heterocycles. The van der Waals surface area contributed by atoms with Crippen LogP contribution in [0.25, 0.3) is 22.8 Å². The molecule has 1 aromatic heterocycles. The first kappa shape index (κ1) is 13.2. The molecule has 3 nitrogen and oxygen atoms in total. The molecule has 0 N–H and O–H groups in total. The zero-order chi connectivity index (χ0) is 14.1. The summed E-state index contributed by atoms with van der Waals surface area (Å²) in [5.41, 5.74) is 2.65. The minimum atomic E-state index is 0.403. The van der Waals surface area contributed by atoms with Gasteiger partial charge in [-0.2, -0.15) is 4.98 Å². The first-order chi connectivity index (χ1) is 9.63. The van der Waals surface area contributed by atoms with Crippen molar-refractivity contribution < 1.29 is 4.52 Å². The van der Waals surface area contributed by atoms with Crippen LogP contribution in [0.1, 0.15) is 5.56 Å². The molecule has 0 spiro atoms. The minimum absolute atomic E-state index is 0.403. The van der Waals surface area contributed by atoms with E-state index < -0.39 is 0 Å². The van der Waals surface area contributed by atoms with Crippen molar-refractivity contribution in [3.63, 3.8) is 0 Å². The summed E-state index contributed by atoms with van der Waals surface area (Å²) in [5.74, 6) is 0.910. The molecule has 0 saturated carbocycles. The van der Waals surface area contributed by atoms with Gasteiger partial charge in [-0.1, -0.05) is 34.4 Å². The van der Waals surface area contributed by atoms with Crippen LogP contribution in [0.15, 0.2) is 47.0 Å². The predicted molar refractivity (Wildman–Crippen MR) is 79.9 cm³/mol. The van der Waals surface area contributed by atoms with Crippen molar-refractivity contribution in [1.82, 2.24) is 10.1 Å². The molecule has 3 rings (SSSR count). The van der Waals surface area contributed by atoms with Crippen molar-refractivity contribution in [2.24, 2.45) is 0 Å². The highest BCUT2D eigenvalue weighted by Gasteiger charge is 2.13. The second-order valence-corrected chi connectivity index (χ2v) is 5.26. The number of nitrogens with zero attached hydrogens (tertiary/aromatic N) is 2. The lowest BCUT2D eigenvalue weighted by Crippen LogP contribution is -1.83. The van der Waals surface area contributed by atoms with E-state index in [0.717, 1.165) is 16.7 Å². The van der Waals surface area contributed by atoms with Gasteiger partial charge in [0.25, 0.3) is 5.89 Å². The highest BCUT2D eigenvalue weighted by Crippen LogP contribution is 2.29. The molecule has 1 heterocycles. The van der Waals surface area contributed by atoms with Gasteiger partial charge in [0.05, 0.1) is 10.6 Å². The maximum absolute atomic E-state index is 6.19. The van der Waals surface area contributed by atoms with Crippen LogP contribution in [0.3, 0.4) is 0 Å². The molecule has 3 aromatic rings. The lowest BCUT2D eigenvalue weighted by atomic mass is 10.1. The molecule has 0 unspecified atom stereocenters. The zero-order valence-electron chi connectivity index (χ0n) is 10.6. The summed E-state index contributed by atoms with van der Waals surface area (Å²) < 4.78 is 5.28. The Morgan fingerprint density at radius 3 is 2.45 bits per heavy atom. The molecule has 0 aliphatic carbocycles. The van der Waals surface area contributed by atoms with Crippen LogP contribution in [0.4, 0.5) is 0 Å². The summed E-state index contributed by atoms with van der Waals surface area (Å²) in [6.45, 7) is 1.97. The van der Waals surface area contributed by atoms with E-state index in [4.69, 9.17) is 27.7 Å². The lowest BCUT2D eigenvalue weighted by Gasteiger charge is -1.99. The Bertz CT molecular complexity index is 751. The van der Waals surface area contributed by atoms with Crippen molar-refractivity contribution >= 4 is 23.2 Å². The number of benzene rings is 2. The standard InChI is InChI=1S/C15H10Cl2N2O/c1-9-2-7-12(13(17)8-9)15-18-14(19-20-15)10-3-5-11(16)6-4-10/h2-8H,1H3. The number of hydrogen-bond acceptors (Lipinski definition) is 3. The van der Waals surface area contributed by atoms with E-state index in [-0.39, 0.29) is 0 Å². The third-order valence-corrected chi connectivity index (χ3v) is 3.45. The minimum Gasteiger partial charge on any atom is -0.334 e. The number of halogens is 2. The van der Waals surface area contributed by atoms with Gasteiger partial charge in [0.2, 0.25) is 5.82 Å². The molecular weight excluding hydrogens is 295 g/mol. The Labute approximate surface area is 126 Å². The molecule has 2 aromatic carbocycles. The summed E-state index contributed by atoms with van der Waals surface area (Å²) in [6.07, 6.45) is 0. The summed E-state index contributed by atoms with van der Waals surface area (Å²) >= 11 is 12.0. The van der Waals surface area contributed by atoms with Crippen molar-refractivity contribution in [3.8, 4) is 22.8 Å². The third-order valence-electron chi connectivity index (χ3n) is 2.88. The highest BCUT2D eigenvalue weighted by molar-refractivity contribution is 6.33. The molecule has 0 saturated heterocycles. The summed E-state index contributed by atoms with van der Waals surface area (Å²) in [7, 11) is 0. The Kier molecular flexibility index (Phi) is 3.47. The van der Waals surface area contributed by atoms with Crippen LogP contribution in [0.2, 0.25) is 10.0 Å². The molecule has 20 heavy (non-hydrogen) atoms. The van der Waals surface area contributed by atoms with E-state index in [1.807, 2.05) is 37.3 Å². The molecular formula is C15H10Cl2N2O. The number of hydrogen-bond donors (Lipinski definition) is 0. The smallest absolute Gasteiger partial charge is 0.259 e. The second-order valence-electron chi connectivity index (χ2n) is 4.41. The molecule has 0 fully saturated rings. The van der Waals surface area contributed by atoms with Crippen molar-refractivity contribution in [2.75, 3.05) is 0 Å². The van der Waals surface area contributed by atoms with E-state index in [1.165, 1.54) is 0 Å². The van der Waals surface area contributed by atoms with Crippen LogP contribution >= 0.6 is 23.2 Å². The van der Waals surface area contributed by atoms with Crippen molar-refractivity contribution in [2.45, 2.75) is 6.92 Å². The summed E-state index contributed by atoms with van der Waals surface area (Å²) in [6, 6.07) is 12.9. The first-order valence-electron chi connectivity index (χ1n) is 5.99. The summed E-state index contributed by atoms with van der Waals surface area (Å²) in [4.78, 5) is 4.37. The maximum atomic E-state index is 6.19. The normalized spacial score (nSPS) is 10.8. The van der Waals surface area contributed by atoms with E-state index in [9.17, 15) is 0 Å². The molecule has 0 aliphatic rings. The van der Waals surface area contributed by atoms with Crippen LogP contribution in [-0.2, 0) is 0 Å². The Hall–Kier alpha value is -1.84. The topological polar surface area (TPSA) is 38.9 Å². The first-order valence-corrected chi connectivity index (χ1v) is 6.75. The monoisotopic (exact) mass is 304 g/mol. The SMILES string of the molecule is Cc1ccc(-c2nc(-c3ccc(Cl)cc3)no2)c(Cl)c1. The second kappa shape index (κ2) is 5.27. The van der Waals surface area contributed by atoms with Gasteiger partial charge in [-0.25, -0.2) is 0 Å². The van der Waals surface area contributed by atoms with E-state index in [1.54, 1.807) is 12.1 Å². The fraction of sp³-hybridized carbons (Fsp3) is 0.0667. The number of rotatable bonds is 2. The van der Waals surface area contributed by atoms with Gasteiger partial charge in [0.15, 0.2) is 0 Å². The largest absolute Gasteiger partial charge is 0.334 e. The maximum Gasteiger partial charge on any atom is 0.259 e. The Balaban J connectivity index is 1.99. The van der Waals surface area contributed by atoms with Gasteiger partial charge >= 0.3 is 0 Å². The third kappa shape index (κ3) is 2.55. The number of aryl methyl sites for hydroxylation is 1. The van der Waals surface area contributed by atoms with Gasteiger partial charge in [0, 0.05) is 10.6 Å². The van der Waals surface area contributed by atoms with Gasteiger partial charge in [0.1, 0.15) is 0 Å². The summed E-state index contributed by atoms with van der Waals surface area (Å²) in [5, 5.41) is 5.23. The molecule has 0 amide bonds. The Morgan fingerprint density at radius 2 is 1.75 bits per heavy atom. The fourth-order valence-electron chi connectivity index (χ4n) is 1.84. The van der Waals surface area contributed by atoms with Crippen LogP contribution in [0.5, 0.6) is 0 Å². The van der Waals surface area contributed by atoms with E-state index in [2.05, 4.69) is 10.1 Å². The average Bonchev–Trinajstić information content (AvgIpc) is 2.89. The molecule has 100 valence electrons. The fourth-order valence-corrected chi connectivity index (χ4v) is 2.28. The van der Waals surface area contributed by atoms with Gasteiger partial charge < -0.3 is 4.52 Å². The molecule has 0 atom stereocenters. The van der Waals surface area contributed by atoms with Gasteiger partial charge in [-0.3, -0.25) is 0 Å².